The number of halogens is 1. The van der Waals surface area contributed by atoms with Gasteiger partial charge in [0.25, 0.3) is 5.91 Å². The van der Waals surface area contributed by atoms with Crippen molar-refractivity contribution in [1.29, 1.82) is 0 Å². The molecule has 2 aliphatic heterocycles. The number of methoxy groups -OCH3 is 1. The van der Waals surface area contributed by atoms with Crippen LogP contribution in [0.4, 0.5) is 0 Å². The van der Waals surface area contributed by atoms with Crippen molar-refractivity contribution < 1.29 is 23.8 Å². The number of para-hydroxylation sites is 1. The van der Waals surface area contributed by atoms with Gasteiger partial charge in [-0.15, -0.1) is 0 Å². The van der Waals surface area contributed by atoms with Gasteiger partial charge in [0.15, 0.2) is 11.5 Å². The Morgan fingerprint density at radius 2 is 1.86 bits per heavy atom. The number of ether oxygens (including phenoxy) is 3. The van der Waals surface area contributed by atoms with Crippen LogP contribution < -0.4 is 19.5 Å². The molecule has 180 valence electrons. The Kier molecular flexibility index (Phi) is 6.51. The molecule has 7 nitrogen and oxygen atoms in total. The van der Waals surface area contributed by atoms with Crippen LogP contribution in [0.25, 0.3) is 0 Å². The number of nitrogens with zero attached hydrogens (tertiary/aromatic N) is 1. The third-order valence-electron chi connectivity index (χ3n) is 6.46. The summed E-state index contributed by atoms with van der Waals surface area (Å²) in [5.74, 6) is 1.13. The summed E-state index contributed by atoms with van der Waals surface area (Å²) in [6.45, 7) is 1.23. The third kappa shape index (κ3) is 4.77. The second kappa shape index (κ2) is 9.88. The highest BCUT2D eigenvalue weighted by atomic mass is 35.5. The highest BCUT2D eigenvalue weighted by Gasteiger charge is 2.41. The Bertz CT molecular complexity index is 1260. The van der Waals surface area contributed by atoms with Crippen LogP contribution in [-0.2, 0) is 11.3 Å². The minimum Gasteiger partial charge on any atom is -0.496 e. The Labute approximate surface area is 208 Å². The van der Waals surface area contributed by atoms with Crippen molar-refractivity contribution in [3.63, 3.8) is 0 Å². The van der Waals surface area contributed by atoms with Gasteiger partial charge in [-0.2, -0.15) is 0 Å². The summed E-state index contributed by atoms with van der Waals surface area (Å²) in [5, 5.41) is 3.54. The standard InChI is InChI=1S/C27H25ClN2O5/c1-33-23-8-3-2-7-20(23)21-14-30(27(32)18-5-4-6-19(28)12-18)15-22(21)26(31)29-13-17-9-10-24-25(11-17)35-16-34-24/h2-12,21-22H,13-16H2,1H3,(H,29,31). The topological polar surface area (TPSA) is 77.1 Å². The van der Waals surface area contributed by atoms with E-state index < -0.39 is 5.92 Å². The predicted molar refractivity (Wildman–Crippen MR) is 131 cm³/mol. The summed E-state index contributed by atoms with van der Waals surface area (Å²) in [4.78, 5) is 28.4. The molecule has 1 fully saturated rings. The van der Waals surface area contributed by atoms with E-state index in [1.165, 1.54) is 0 Å². The SMILES string of the molecule is COc1ccccc1C1CN(C(=O)c2cccc(Cl)c2)CC1C(=O)NCc1ccc2c(c1)OCO2. The van der Waals surface area contributed by atoms with Crippen molar-refractivity contribution in [2.24, 2.45) is 5.92 Å². The maximum Gasteiger partial charge on any atom is 0.253 e. The zero-order chi connectivity index (χ0) is 24.4. The number of benzene rings is 3. The molecule has 2 aliphatic rings. The molecule has 0 radical (unpaired) electrons. The first-order chi connectivity index (χ1) is 17.0. The number of nitrogens with one attached hydrogen (secondary N) is 1. The molecule has 3 aromatic carbocycles. The number of hydrogen-bond acceptors (Lipinski definition) is 5. The van der Waals surface area contributed by atoms with Crippen molar-refractivity contribution in [3.8, 4) is 17.2 Å². The van der Waals surface area contributed by atoms with E-state index in [0.717, 1.165) is 11.1 Å². The molecule has 2 atom stereocenters. The molecule has 2 heterocycles. The minimum absolute atomic E-state index is 0.125. The van der Waals surface area contributed by atoms with Crippen LogP contribution in [0.2, 0.25) is 5.02 Å². The van der Waals surface area contributed by atoms with E-state index in [9.17, 15) is 9.59 Å². The average Bonchev–Trinajstić information content (AvgIpc) is 3.54. The van der Waals surface area contributed by atoms with Gasteiger partial charge in [0.1, 0.15) is 5.75 Å². The normalized spacial score (nSPS) is 18.4. The van der Waals surface area contributed by atoms with Gasteiger partial charge in [-0.05, 0) is 47.5 Å². The van der Waals surface area contributed by atoms with E-state index in [0.29, 0.717) is 47.5 Å². The summed E-state index contributed by atoms with van der Waals surface area (Å²) < 4.78 is 16.4. The molecule has 5 rings (SSSR count). The Morgan fingerprint density at radius 3 is 2.69 bits per heavy atom. The first-order valence-electron chi connectivity index (χ1n) is 11.4. The lowest BCUT2D eigenvalue weighted by Gasteiger charge is -2.20. The number of carbonyl (C=O) groups is 2. The van der Waals surface area contributed by atoms with Crippen molar-refractivity contribution in [1.82, 2.24) is 10.2 Å². The van der Waals surface area contributed by atoms with Crippen LogP contribution in [0, 0.1) is 5.92 Å². The average molecular weight is 493 g/mol. The fourth-order valence-corrected chi connectivity index (χ4v) is 4.89. The summed E-state index contributed by atoms with van der Waals surface area (Å²) in [6.07, 6.45) is 0. The smallest absolute Gasteiger partial charge is 0.253 e. The number of hydrogen-bond donors (Lipinski definition) is 1. The first kappa shape index (κ1) is 23.1. The predicted octanol–water partition coefficient (Wildman–Crippen LogP) is 4.25. The molecule has 1 saturated heterocycles. The lowest BCUT2D eigenvalue weighted by molar-refractivity contribution is -0.125. The lowest BCUT2D eigenvalue weighted by atomic mass is 9.87. The van der Waals surface area contributed by atoms with Crippen LogP contribution in [0.15, 0.2) is 66.7 Å². The molecular formula is C27H25ClN2O5. The van der Waals surface area contributed by atoms with E-state index in [-0.39, 0.29) is 24.5 Å². The van der Waals surface area contributed by atoms with Gasteiger partial charge < -0.3 is 24.4 Å². The van der Waals surface area contributed by atoms with Crippen LogP contribution in [0.5, 0.6) is 17.2 Å². The third-order valence-corrected chi connectivity index (χ3v) is 6.69. The van der Waals surface area contributed by atoms with E-state index in [2.05, 4.69) is 5.32 Å². The number of amides is 2. The van der Waals surface area contributed by atoms with Crippen LogP contribution in [0.1, 0.15) is 27.4 Å². The van der Waals surface area contributed by atoms with E-state index >= 15 is 0 Å². The van der Waals surface area contributed by atoms with Crippen LogP contribution in [-0.4, -0.2) is 43.7 Å². The number of carbonyl (C=O) groups excluding carboxylic acids is 2. The molecule has 0 bridgehead atoms. The molecule has 2 unspecified atom stereocenters. The van der Waals surface area contributed by atoms with Crippen molar-refractivity contribution in [2.75, 3.05) is 27.0 Å². The minimum atomic E-state index is -0.441. The maximum absolute atomic E-state index is 13.4. The summed E-state index contributed by atoms with van der Waals surface area (Å²) in [6, 6.07) is 20.1. The van der Waals surface area contributed by atoms with Gasteiger partial charge in [0.05, 0.1) is 13.0 Å². The molecule has 1 N–H and O–H groups in total. The zero-order valence-corrected chi connectivity index (χ0v) is 20.0. The van der Waals surface area contributed by atoms with Gasteiger partial charge in [-0.1, -0.05) is 41.9 Å². The van der Waals surface area contributed by atoms with E-state index in [1.807, 2.05) is 42.5 Å². The summed E-state index contributed by atoms with van der Waals surface area (Å²) >= 11 is 6.11. The highest BCUT2D eigenvalue weighted by Crippen LogP contribution is 2.38. The fraction of sp³-hybridized carbons (Fsp3) is 0.259. The zero-order valence-electron chi connectivity index (χ0n) is 19.2. The summed E-state index contributed by atoms with van der Waals surface area (Å²) in [7, 11) is 1.61. The van der Waals surface area contributed by atoms with Gasteiger partial charge in [-0.3, -0.25) is 9.59 Å². The quantitative estimate of drug-likeness (QED) is 0.556. The van der Waals surface area contributed by atoms with Gasteiger partial charge >= 0.3 is 0 Å². The Hall–Kier alpha value is -3.71. The molecule has 35 heavy (non-hydrogen) atoms. The van der Waals surface area contributed by atoms with Crippen LogP contribution in [0.3, 0.4) is 0 Å². The monoisotopic (exact) mass is 492 g/mol. The molecular weight excluding hydrogens is 468 g/mol. The Balaban J connectivity index is 1.37. The van der Waals surface area contributed by atoms with Crippen molar-refractivity contribution in [2.45, 2.75) is 12.5 Å². The molecule has 3 aromatic rings. The summed E-state index contributed by atoms with van der Waals surface area (Å²) in [5.41, 5.74) is 2.30. The van der Waals surface area contributed by atoms with Gasteiger partial charge in [0, 0.05) is 36.1 Å². The number of fused-ring (bicyclic) bond motifs is 1. The second-order valence-corrected chi connectivity index (χ2v) is 9.02. The highest BCUT2D eigenvalue weighted by molar-refractivity contribution is 6.30. The van der Waals surface area contributed by atoms with E-state index in [4.69, 9.17) is 25.8 Å². The lowest BCUT2D eigenvalue weighted by Crippen LogP contribution is -2.35. The number of likely N-dealkylation sites (tertiary alicyclic amines) is 1. The van der Waals surface area contributed by atoms with Crippen molar-refractivity contribution in [3.05, 3.63) is 88.4 Å². The first-order valence-corrected chi connectivity index (χ1v) is 11.8. The fourth-order valence-electron chi connectivity index (χ4n) is 4.70. The molecule has 8 heteroatoms. The number of rotatable bonds is 6. The molecule has 0 aliphatic carbocycles. The van der Waals surface area contributed by atoms with Crippen molar-refractivity contribution >= 4 is 23.4 Å². The second-order valence-electron chi connectivity index (χ2n) is 8.58. The van der Waals surface area contributed by atoms with Crippen LogP contribution >= 0.6 is 11.6 Å². The molecule has 0 spiro atoms. The van der Waals surface area contributed by atoms with Gasteiger partial charge in [0.2, 0.25) is 12.7 Å². The largest absolute Gasteiger partial charge is 0.496 e. The maximum atomic E-state index is 13.4. The molecule has 2 amide bonds. The molecule has 0 aromatic heterocycles. The van der Waals surface area contributed by atoms with Gasteiger partial charge in [-0.25, -0.2) is 0 Å². The molecule has 0 saturated carbocycles. The van der Waals surface area contributed by atoms with E-state index in [1.54, 1.807) is 36.3 Å². The Morgan fingerprint density at radius 1 is 1.03 bits per heavy atom.